The Hall–Kier alpha value is -3.05. The zero-order valence-corrected chi connectivity index (χ0v) is 11.0. The van der Waals surface area contributed by atoms with Crippen LogP contribution in [0.2, 0.25) is 0 Å². The van der Waals surface area contributed by atoms with Gasteiger partial charge in [0.05, 0.1) is 4.92 Å². The highest BCUT2D eigenvalue weighted by molar-refractivity contribution is 5.90. The van der Waals surface area contributed by atoms with E-state index in [0.717, 1.165) is 6.92 Å². The number of anilines is 1. The number of carbonyl (C=O) groups excluding carboxylic acids is 1. The summed E-state index contributed by atoms with van der Waals surface area (Å²) in [6, 6.07) is 0. The van der Waals surface area contributed by atoms with Crippen molar-refractivity contribution in [3.8, 4) is 5.69 Å². The van der Waals surface area contributed by atoms with Crippen LogP contribution in [-0.4, -0.2) is 20.6 Å². The first kappa shape index (κ1) is 16.3. The summed E-state index contributed by atoms with van der Waals surface area (Å²) in [4.78, 5) is 20.8. The highest BCUT2D eigenvalue weighted by Gasteiger charge is 2.31. The van der Waals surface area contributed by atoms with Gasteiger partial charge >= 0.3 is 5.69 Å². The van der Waals surface area contributed by atoms with Crippen LogP contribution in [0.3, 0.4) is 0 Å². The van der Waals surface area contributed by atoms with Gasteiger partial charge in [0.15, 0.2) is 23.3 Å². The van der Waals surface area contributed by atoms with Crippen LogP contribution in [-0.2, 0) is 4.79 Å². The molecule has 1 aromatic carbocycles. The van der Waals surface area contributed by atoms with E-state index in [4.69, 9.17) is 0 Å². The van der Waals surface area contributed by atoms with Crippen molar-refractivity contribution >= 4 is 17.4 Å². The predicted molar refractivity (Wildman–Crippen MR) is 64.3 cm³/mol. The maximum absolute atomic E-state index is 13.8. The first-order chi connectivity index (χ1) is 10.7. The topological polar surface area (TPSA) is 90.1 Å². The molecule has 0 spiro atoms. The summed E-state index contributed by atoms with van der Waals surface area (Å²) in [6.45, 7) is 0.916. The third-order valence-electron chi connectivity index (χ3n) is 2.64. The van der Waals surface area contributed by atoms with E-state index < -0.39 is 57.1 Å². The van der Waals surface area contributed by atoms with Crippen molar-refractivity contribution in [1.29, 1.82) is 0 Å². The normalized spacial score (nSPS) is 10.7. The number of amides is 1. The molecular weight excluding hydrogens is 331 g/mol. The molecule has 12 heteroatoms. The minimum atomic E-state index is -2.40. The highest BCUT2D eigenvalue weighted by Crippen LogP contribution is 2.32. The Morgan fingerprint density at radius 1 is 1.13 bits per heavy atom. The van der Waals surface area contributed by atoms with E-state index in [9.17, 15) is 36.9 Å². The van der Waals surface area contributed by atoms with Crippen molar-refractivity contribution < 1.29 is 31.7 Å². The first-order valence-electron chi connectivity index (χ1n) is 5.68. The Morgan fingerprint density at radius 3 is 2.04 bits per heavy atom. The number of carbonyl (C=O) groups is 1. The molecule has 7 nitrogen and oxygen atoms in total. The summed E-state index contributed by atoms with van der Waals surface area (Å²) in [7, 11) is 0. The molecule has 0 aliphatic carbocycles. The van der Waals surface area contributed by atoms with Crippen LogP contribution < -0.4 is 5.32 Å². The van der Waals surface area contributed by atoms with Gasteiger partial charge in [-0.15, -0.1) is 0 Å². The van der Waals surface area contributed by atoms with Crippen LogP contribution in [0.15, 0.2) is 6.20 Å². The quantitative estimate of drug-likeness (QED) is 0.306. The lowest BCUT2D eigenvalue weighted by atomic mass is 10.2. The molecule has 0 atom stereocenters. The number of nitrogens with zero attached hydrogens (tertiary/aromatic N) is 3. The monoisotopic (exact) mass is 336 g/mol. The number of nitrogens with one attached hydrogen (secondary N) is 1. The summed E-state index contributed by atoms with van der Waals surface area (Å²) < 4.78 is 67.0. The van der Waals surface area contributed by atoms with Crippen LogP contribution in [0.25, 0.3) is 5.69 Å². The third kappa shape index (κ3) is 2.58. The molecule has 23 heavy (non-hydrogen) atoms. The van der Waals surface area contributed by atoms with E-state index in [0.29, 0.717) is 6.20 Å². The maximum atomic E-state index is 13.8. The van der Waals surface area contributed by atoms with Gasteiger partial charge in [0.2, 0.25) is 17.5 Å². The van der Waals surface area contributed by atoms with Crippen LogP contribution in [0.1, 0.15) is 6.92 Å². The Labute approximate surface area is 123 Å². The van der Waals surface area contributed by atoms with Crippen molar-refractivity contribution in [3.63, 3.8) is 0 Å². The van der Waals surface area contributed by atoms with Gasteiger partial charge in [-0.05, 0) is 0 Å². The third-order valence-corrected chi connectivity index (χ3v) is 2.64. The van der Waals surface area contributed by atoms with Gasteiger partial charge in [-0.25, -0.2) is 26.6 Å². The second-order valence-corrected chi connectivity index (χ2v) is 4.15. The molecule has 0 saturated heterocycles. The molecule has 0 radical (unpaired) electrons. The Balaban J connectivity index is 2.83. The molecule has 0 aliphatic rings. The molecule has 0 bridgehead atoms. The molecule has 1 heterocycles. The lowest BCUT2D eigenvalue weighted by Gasteiger charge is -2.10. The molecule has 0 unspecified atom stereocenters. The molecular formula is C11H5F5N4O3. The van der Waals surface area contributed by atoms with E-state index in [1.54, 1.807) is 0 Å². The van der Waals surface area contributed by atoms with Crippen LogP contribution in [0.4, 0.5) is 33.5 Å². The zero-order valence-electron chi connectivity index (χ0n) is 11.0. The first-order valence-corrected chi connectivity index (χ1v) is 5.68. The second-order valence-electron chi connectivity index (χ2n) is 4.15. The molecule has 1 N–H and O–H groups in total. The molecule has 122 valence electrons. The summed E-state index contributed by atoms with van der Waals surface area (Å²) in [5.41, 5.74) is -2.46. The average molecular weight is 336 g/mol. The lowest BCUT2D eigenvalue weighted by Crippen LogP contribution is -2.16. The minimum absolute atomic E-state index is 0.0514. The molecule has 1 aromatic heterocycles. The summed E-state index contributed by atoms with van der Waals surface area (Å²) in [5, 5.41) is 15.9. The van der Waals surface area contributed by atoms with E-state index >= 15 is 0 Å². The summed E-state index contributed by atoms with van der Waals surface area (Å²) >= 11 is 0. The van der Waals surface area contributed by atoms with Crippen LogP contribution in [0, 0.1) is 39.2 Å². The van der Waals surface area contributed by atoms with Crippen molar-refractivity contribution in [2.24, 2.45) is 0 Å². The van der Waals surface area contributed by atoms with Crippen molar-refractivity contribution in [2.45, 2.75) is 6.92 Å². The standard InChI is InChI=1S/C11H5F5N4O3/c1-3(21)18-11-4(20(22)23)2-17-19(11)10-8(15)6(13)5(12)7(14)9(10)16/h2H,1H3,(H,18,21). The van der Waals surface area contributed by atoms with Crippen LogP contribution >= 0.6 is 0 Å². The van der Waals surface area contributed by atoms with Gasteiger partial charge in [0.25, 0.3) is 0 Å². The van der Waals surface area contributed by atoms with Gasteiger partial charge in [0, 0.05) is 6.92 Å². The number of benzene rings is 1. The van der Waals surface area contributed by atoms with Gasteiger partial charge in [-0.2, -0.15) is 5.10 Å². The van der Waals surface area contributed by atoms with Crippen molar-refractivity contribution in [3.05, 3.63) is 45.4 Å². The molecule has 2 aromatic rings. The molecule has 0 fully saturated rings. The Bertz CT molecular complexity index is 807. The summed E-state index contributed by atoms with van der Waals surface area (Å²) in [6.07, 6.45) is 0.489. The fourth-order valence-corrected chi connectivity index (χ4v) is 1.71. The SMILES string of the molecule is CC(=O)Nc1c([N+](=O)[O-])cnn1-c1c(F)c(F)c(F)c(F)c1F. The van der Waals surface area contributed by atoms with Crippen LogP contribution in [0.5, 0.6) is 0 Å². The van der Waals surface area contributed by atoms with E-state index in [2.05, 4.69) is 5.10 Å². The molecule has 1 amide bonds. The largest absolute Gasteiger partial charge is 0.331 e. The van der Waals surface area contributed by atoms with Gasteiger partial charge in [-0.3, -0.25) is 14.9 Å². The number of nitro groups is 1. The van der Waals surface area contributed by atoms with Gasteiger partial charge in [-0.1, -0.05) is 0 Å². The van der Waals surface area contributed by atoms with E-state index in [1.165, 1.54) is 0 Å². The van der Waals surface area contributed by atoms with Gasteiger partial charge < -0.3 is 5.32 Å². The minimum Gasteiger partial charge on any atom is -0.305 e. The van der Waals surface area contributed by atoms with Crippen molar-refractivity contribution in [2.75, 3.05) is 5.32 Å². The fourth-order valence-electron chi connectivity index (χ4n) is 1.71. The summed E-state index contributed by atoms with van der Waals surface area (Å²) in [5.74, 6) is -13.2. The number of rotatable bonds is 3. The number of hydrogen-bond donors (Lipinski definition) is 1. The van der Waals surface area contributed by atoms with E-state index in [-0.39, 0.29) is 4.68 Å². The average Bonchev–Trinajstić information content (AvgIpc) is 2.86. The van der Waals surface area contributed by atoms with Gasteiger partial charge in [0.1, 0.15) is 11.9 Å². The molecule has 0 aliphatic heterocycles. The number of aromatic nitrogens is 2. The van der Waals surface area contributed by atoms with E-state index in [1.807, 2.05) is 5.32 Å². The Morgan fingerprint density at radius 2 is 1.61 bits per heavy atom. The number of hydrogen-bond acceptors (Lipinski definition) is 4. The molecule has 0 saturated carbocycles. The fraction of sp³-hybridized carbons (Fsp3) is 0.0909. The zero-order chi connectivity index (χ0) is 17.5. The van der Waals surface area contributed by atoms with Crippen molar-refractivity contribution in [1.82, 2.24) is 9.78 Å². The molecule has 2 rings (SSSR count). The highest BCUT2D eigenvalue weighted by atomic mass is 19.2. The second kappa shape index (κ2) is 5.62. The predicted octanol–water partition coefficient (Wildman–Crippen LogP) is 2.43. The number of halogens is 5. The smallest absolute Gasteiger partial charge is 0.305 e. The lowest BCUT2D eigenvalue weighted by molar-refractivity contribution is -0.384. The Kier molecular flexibility index (Phi) is 3.99. The maximum Gasteiger partial charge on any atom is 0.331 e.